The van der Waals surface area contributed by atoms with E-state index in [1.54, 1.807) is 25.6 Å². The number of para-hydroxylation sites is 1. The Hall–Kier alpha value is -3.77. The van der Waals surface area contributed by atoms with E-state index in [4.69, 9.17) is 9.47 Å². The Kier molecular flexibility index (Phi) is 7.18. The molecule has 0 aliphatic heterocycles. The molecule has 1 amide bonds. The second-order valence-corrected chi connectivity index (χ2v) is 9.13. The molecule has 1 heterocycles. The molecule has 174 valence electrons. The van der Waals surface area contributed by atoms with E-state index in [1.165, 1.54) is 0 Å². The van der Waals surface area contributed by atoms with Gasteiger partial charge in [0.25, 0.3) is 5.91 Å². The first-order chi connectivity index (χ1) is 16.5. The number of thiophene rings is 1. The summed E-state index contributed by atoms with van der Waals surface area (Å²) in [5, 5.41) is 7.65. The third-order valence-corrected chi connectivity index (χ3v) is 6.95. The monoisotopic (exact) mass is 472 g/mol. The van der Waals surface area contributed by atoms with Crippen LogP contribution in [0.2, 0.25) is 0 Å². The van der Waals surface area contributed by atoms with Crippen LogP contribution in [-0.2, 0) is 0 Å². The van der Waals surface area contributed by atoms with Gasteiger partial charge in [-0.2, -0.15) is 0 Å². The number of ether oxygens (including phenoxy) is 2. The van der Waals surface area contributed by atoms with E-state index in [-0.39, 0.29) is 11.9 Å². The van der Waals surface area contributed by atoms with Gasteiger partial charge >= 0.3 is 0 Å². The zero-order chi connectivity index (χ0) is 24.1. The van der Waals surface area contributed by atoms with Crippen LogP contribution in [0.25, 0.3) is 0 Å². The predicted molar refractivity (Wildman–Crippen MR) is 140 cm³/mol. The summed E-state index contributed by atoms with van der Waals surface area (Å²) in [6.45, 7) is 4.18. The minimum absolute atomic E-state index is 0.131. The number of benzene rings is 3. The number of methoxy groups -OCH3 is 2. The Labute approximate surface area is 204 Å². The fourth-order valence-electron chi connectivity index (χ4n) is 3.91. The van der Waals surface area contributed by atoms with Crippen LogP contribution >= 0.6 is 11.3 Å². The van der Waals surface area contributed by atoms with Gasteiger partial charge in [0.1, 0.15) is 5.00 Å². The van der Waals surface area contributed by atoms with Crippen LogP contribution in [-0.4, -0.2) is 20.1 Å². The van der Waals surface area contributed by atoms with Gasteiger partial charge in [-0.3, -0.25) is 4.79 Å². The van der Waals surface area contributed by atoms with Gasteiger partial charge in [-0.1, -0.05) is 42.5 Å². The summed E-state index contributed by atoms with van der Waals surface area (Å²) in [5.41, 5.74) is 4.76. The van der Waals surface area contributed by atoms with Crippen LogP contribution in [0.4, 0.5) is 10.7 Å². The Bertz CT molecular complexity index is 1270. The van der Waals surface area contributed by atoms with Crippen molar-refractivity contribution in [1.82, 2.24) is 0 Å². The lowest BCUT2D eigenvalue weighted by atomic mass is 9.95. The van der Waals surface area contributed by atoms with Crippen molar-refractivity contribution >= 4 is 27.9 Å². The third kappa shape index (κ3) is 4.92. The zero-order valence-corrected chi connectivity index (χ0v) is 20.5. The molecule has 1 atom stereocenters. The smallest absolute Gasteiger partial charge is 0.256 e. The van der Waals surface area contributed by atoms with Crippen LogP contribution in [0.3, 0.4) is 0 Å². The Morgan fingerprint density at radius 1 is 0.853 bits per heavy atom. The van der Waals surface area contributed by atoms with Gasteiger partial charge in [0.05, 0.1) is 20.3 Å². The minimum atomic E-state index is -0.224. The molecule has 1 unspecified atom stereocenters. The molecule has 0 aliphatic carbocycles. The van der Waals surface area contributed by atoms with E-state index in [1.807, 2.05) is 78.9 Å². The molecule has 0 saturated heterocycles. The molecule has 5 nitrogen and oxygen atoms in total. The second kappa shape index (κ2) is 10.4. The number of amides is 1. The van der Waals surface area contributed by atoms with E-state index < -0.39 is 0 Å². The van der Waals surface area contributed by atoms with E-state index in [2.05, 4.69) is 24.5 Å². The molecular weight excluding hydrogens is 444 g/mol. The molecule has 4 aromatic rings. The number of hydrogen-bond acceptors (Lipinski definition) is 5. The van der Waals surface area contributed by atoms with Crippen LogP contribution < -0.4 is 20.1 Å². The molecule has 1 aromatic heterocycles. The number of rotatable bonds is 8. The van der Waals surface area contributed by atoms with E-state index in [0.29, 0.717) is 17.1 Å². The first kappa shape index (κ1) is 23.4. The molecule has 0 saturated carbocycles. The number of nitrogens with one attached hydrogen (secondary N) is 2. The topological polar surface area (TPSA) is 59.6 Å². The van der Waals surface area contributed by atoms with Crippen molar-refractivity contribution in [3.63, 3.8) is 0 Å². The predicted octanol–water partition coefficient (Wildman–Crippen LogP) is 6.84. The van der Waals surface area contributed by atoms with Crippen LogP contribution in [0.15, 0.2) is 78.9 Å². The highest BCUT2D eigenvalue weighted by Crippen LogP contribution is 2.42. The maximum Gasteiger partial charge on any atom is 0.256 e. The highest BCUT2D eigenvalue weighted by molar-refractivity contribution is 7.16. The largest absolute Gasteiger partial charge is 0.493 e. The summed E-state index contributed by atoms with van der Waals surface area (Å²) in [6, 6.07) is 25.0. The van der Waals surface area contributed by atoms with Crippen molar-refractivity contribution in [2.24, 2.45) is 0 Å². The maximum atomic E-state index is 13.0. The van der Waals surface area contributed by atoms with Gasteiger partial charge in [-0.05, 0) is 61.4 Å². The molecule has 0 radical (unpaired) electrons. The second-order valence-electron chi connectivity index (χ2n) is 7.90. The summed E-state index contributed by atoms with van der Waals surface area (Å²) < 4.78 is 11.0. The number of hydrogen-bond donors (Lipinski definition) is 2. The fraction of sp³-hybridized carbons (Fsp3) is 0.179. The molecule has 4 rings (SSSR count). The highest BCUT2D eigenvalue weighted by atomic mass is 32.1. The lowest BCUT2D eigenvalue weighted by molar-refractivity contribution is 0.102. The van der Waals surface area contributed by atoms with Crippen LogP contribution in [0, 0.1) is 13.8 Å². The SMILES string of the molecule is COc1ccc(C(Nc2ccccc2)c2c(NC(=O)c3ccccc3)sc(C)c2C)cc1OC. The highest BCUT2D eigenvalue weighted by Gasteiger charge is 2.26. The summed E-state index contributed by atoms with van der Waals surface area (Å²) in [6.07, 6.45) is 0. The van der Waals surface area contributed by atoms with Gasteiger partial charge in [0, 0.05) is 21.7 Å². The van der Waals surface area contributed by atoms with Crippen molar-refractivity contribution in [1.29, 1.82) is 0 Å². The third-order valence-electron chi connectivity index (χ3n) is 5.81. The van der Waals surface area contributed by atoms with Crippen molar-refractivity contribution in [2.45, 2.75) is 19.9 Å². The van der Waals surface area contributed by atoms with Crippen molar-refractivity contribution in [3.8, 4) is 11.5 Å². The van der Waals surface area contributed by atoms with Gasteiger partial charge in [-0.15, -0.1) is 11.3 Å². The number of aryl methyl sites for hydroxylation is 1. The van der Waals surface area contributed by atoms with Crippen LogP contribution in [0.1, 0.15) is 38.0 Å². The van der Waals surface area contributed by atoms with Crippen molar-refractivity contribution in [2.75, 3.05) is 24.9 Å². The maximum absolute atomic E-state index is 13.0. The summed E-state index contributed by atoms with van der Waals surface area (Å²) in [4.78, 5) is 14.2. The molecule has 34 heavy (non-hydrogen) atoms. The number of carbonyl (C=O) groups is 1. The van der Waals surface area contributed by atoms with Crippen molar-refractivity contribution < 1.29 is 14.3 Å². The van der Waals surface area contributed by atoms with Gasteiger partial charge in [-0.25, -0.2) is 0 Å². The molecule has 2 N–H and O–H groups in total. The molecule has 3 aromatic carbocycles. The Balaban J connectivity index is 1.81. The fourth-order valence-corrected chi connectivity index (χ4v) is 5.00. The van der Waals surface area contributed by atoms with Crippen LogP contribution in [0.5, 0.6) is 11.5 Å². The lowest BCUT2D eigenvalue weighted by Gasteiger charge is -2.24. The Morgan fingerprint density at radius 2 is 1.50 bits per heavy atom. The normalized spacial score (nSPS) is 11.5. The molecule has 0 spiro atoms. The van der Waals surface area contributed by atoms with Crippen molar-refractivity contribution in [3.05, 3.63) is 106 Å². The first-order valence-electron chi connectivity index (χ1n) is 11.0. The quantitative estimate of drug-likeness (QED) is 0.295. The minimum Gasteiger partial charge on any atom is -0.493 e. The average molecular weight is 473 g/mol. The van der Waals surface area contributed by atoms with Gasteiger partial charge in [0.15, 0.2) is 11.5 Å². The Morgan fingerprint density at radius 3 is 2.15 bits per heavy atom. The molecule has 0 bridgehead atoms. The molecule has 0 fully saturated rings. The average Bonchev–Trinajstić information content (AvgIpc) is 3.15. The van der Waals surface area contributed by atoms with Gasteiger partial charge < -0.3 is 20.1 Å². The van der Waals surface area contributed by atoms with E-state index in [0.717, 1.165) is 32.3 Å². The zero-order valence-electron chi connectivity index (χ0n) is 19.7. The van der Waals surface area contributed by atoms with E-state index >= 15 is 0 Å². The lowest BCUT2D eigenvalue weighted by Crippen LogP contribution is -2.17. The first-order valence-corrected chi connectivity index (χ1v) is 11.8. The van der Waals surface area contributed by atoms with Gasteiger partial charge in [0.2, 0.25) is 0 Å². The molecular formula is C28H28N2O3S. The standard InChI is InChI=1S/C28H28N2O3S/c1-18-19(2)34-28(30-27(31)20-11-7-5-8-12-20)25(18)26(29-22-13-9-6-10-14-22)21-15-16-23(32-3)24(17-21)33-4/h5-17,26,29H,1-4H3,(H,30,31). The number of carbonyl (C=O) groups excluding carboxylic acids is 1. The summed E-state index contributed by atoms with van der Waals surface area (Å²) in [7, 11) is 3.26. The van der Waals surface area contributed by atoms with E-state index in [9.17, 15) is 4.79 Å². The number of anilines is 2. The molecule has 0 aliphatic rings. The summed E-state index contributed by atoms with van der Waals surface area (Å²) in [5.74, 6) is 1.19. The summed E-state index contributed by atoms with van der Waals surface area (Å²) >= 11 is 1.59. The molecule has 6 heteroatoms.